The van der Waals surface area contributed by atoms with Crippen molar-refractivity contribution in [3.05, 3.63) is 58.9 Å². The molecule has 1 fully saturated rings. The van der Waals surface area contributed by atoms with Crippen LogP contribution in [0.1, 0.15) is 23.7 Å². The van der Waals surface area contributed by atoms with Gasteiger partial charge in [0.15, 0.2) is 0 Å². The van der Waals surface area contributed by atoms with Gasteiger partial charge >= 0.3 is 0 Å². The number of ether oxygens (including phenoxy) is 1. The average Bonchev–Trinajstić information content (AvgIpc) is 2.57. The Morgan fingerprint density at radius 3 is 2.92 bits per heavy atom. The van der Waals surface area contributed by atoms with Gasteiger partial charge in [-0.3, -0.25) is 4.79 Å². The molecular weight excluding hydrogens is 343 g/mol. The fourth-order valence-corrected chi connectivity index (χ4v) is 3.11. The Labute approximate surface area is 151 Å². The third-order valence-electron chi connectivity index (χ3n) is 4.26. The smallest absolute Gasteiger partial charge is 0.257 e. The van der Waals surface area contributed by atoms with Crippen LogP contribution < -0.4 is 15.4 Å². The maximum absolute atomic E-state index is 13.1. The van der Waals surface area contributed by atoms with Crippen LogP contribution in [0.5, 0.6) is 5.75 Å². The first-order chi connectivity index (χ1) is 12.0. The highest BCUT2D eigenvalue weighted by molar-refractivity contribution is 6.34. The van der Waals surface area contributed by atoms with Gasteiger partial charge in [0.05, 0.1) is 10.6 Å². The molecule has 1 heterocycles. The first-order valence-corrected chi connectivity index (χ1v) is 8.64. The molecule has 6 heteroatoms. The number of amides is 1. The van der Waals surface area contributed by atoms with Crippen molar-refractivity contribution in [2.45, 2.75) is 19.4 Å². The minimum atomic E-state index is -0.479. The van der Waals surface area contributed by atoms with Crippen LogP contribution in [0.2, 0.25) is 5.02 Å². The lowest BCUT2D eigenvalue weighted by molar-refractivity contribution is 0.102. The van der Waals surface area contributed by atoms with Crippen LogP contribution in [-0.2, 0) is 0 Å². The van der Waals surface area contributed by atoms with Crippen molar-refractivity contribution in [2.75, 3.05) is 18.4 Å². The van der Waals surface area contributed by atoms with Gasteiger partial charge in [0, 0.05) is 24.2 Å². The van der Waals surface area contributed by atoms with Crippen molar-refractivity contribution < 1.29 is 13.9 Å². The van der Waals surface area contributed by atoms with E-state index in [9.17, 15) is 9.18 Å². The monoisotopic (exact) mass is 362 g/mol. The summed E-state index contributed by atoms with van der Waals surface area (Å²) in [4.78, 5) is 12.3. The second-order valence-electron chi connectivity index (χ2n) is 6.23. The molecule has 2 atom stereocenters. The van der Waals surface area contributed by atoms with Gasteiger partial charge in [-0.15, -0.1) is 0 Å². The van der Waals surface area contributed by atoms with Crippen molar-refractivity contribution in [3.8, 4) is 5.75 Å². The summed E-state index contributed by atoms with van der Waals surface area (Å²) in [5.41, 5.74) is 0.825. The molecule has 3 rings (SSSR count). The summed E-state index contributed by atoms with van der Waals surface area (Å²) < 4.78 is 19.2. The standard InChI is InChI=1S/C19H20ClFN2O2/c1-12-11-22-8-7-18(12)25-15-4-2-3-14(10-15)23-19(24)16-6-5-13(21)9-17(16)20/h2-6,9-10,12,18,22H,7-8,11H2,1H3,(H,23,24). The second-order valence-corrected chi connectivity index (χ2v) is 6.64. The lowest BCUT2D eigenvalue weighted by atomic mass is 9.98. The quantitative estimate of drug-likeness (QED) is 0.860. The minimum Gasteiger partial charge on any atom is -0.490 e. The highest BCUT2D eigenvalue weighted by atomic mass is 35.5. The topological polar surface area (TPSA) is 50.4 Å². The van der Waals surface area contributed by atoms with Gasteiger partial charge in [-0.25, -0.2) is 4.39 Å². The summed E-state index contributed by atoms with van der Waals surface area (Å²) in [5.74, 6) is 0.261. The number of carbonyl (C=O) groups excluding carboxylic acids is 1. The first-order valence-electron chi connectivity index (χ1n) is 8.27. The van der Waals surface area contributed by atoms with Crippen LogP contribution in [0.25, 0.3) is 0 Å². The highest BCUT2D eigenvalue weighted by Crippen LogP contribution is 2.24. The van der Waals surface area contributed by atoms with Crippen LogP contribution in [0.15, 0.2) is 42.5 Å². The summed E-state index contributed by atoms with van der Waals surface area (Å²) in [7, 11) is 0. The molecule has 0 spiro atoms. The molecule has 0 aromatic heterocycles. The molecule has 1 saturated heterocycles. The molecule has 0 saturated carbocycles. The molecule has 0 aliphatic carbocycles. The number of rotatable bonds is 4. The van der Waals surface area contributed by atoms with Crippen molar-refractivity contribution in [1.82, 2.24) is 5.32 Å². The van der Waals surface area contributed by atoms with E-state index in [2.05, 4.69) is 17.6 Å². The fourth-order valence-electron chi connectivity index (χ4n) is 2.86. The number of anilines is 1. The number of nitrogens with one attached hydrogen (secondary N) is 2. The molecule has 4 nitrogen and oxygen atoms in total. The Hall–Kier alpha value is -2.11. The molecule has 25 heavy (non-hydrogen) atoms. The van der Waals surface area contributed by atoms with E-state index in [-0.39, 0.29) is 16.7 Å². The molecule has 1 aliphatic rings. The zero-order valence-electron chi connectivity index (χ0n) is 13.9. The minimum absolute atomic E-state index is 0.0773. The second kappa shape index (κ2) is 7.85. The number of hydrogen-bond donors (Lipinski definition) is 2. The Bertz CT molecular complexity index is 769. The molecule has 2 N–H and O–H groups in total. The fraction of sp³-hybridized carbons (Fsp3) is 0.316. The SMILES string of the molecule is CC1CNCCC1Oc1cccc(NC(=O)c2ccc(F)cc2Cl)c1. The van der Waals surface area contributed by atoms with Crippen molar-refractivity contribution >= 4 is 23.2 Å². The molecule has 2 aromatic carbocycles. The molecular formula is C19H20ClFN2O2. The zero-order valence-corrected chi connectivity index (χ0v) is 14.6. The van der Waals surface area contributed by atoms with Crippen LogP contribution in [0.3, 0.4) is 0 Å². The Morgan fingerprint density at radius 2 is 2.16 bits per heavy atom. The molecule has 1 aliphatic heterocycles. The maximum atomic E-state index is 13.1. The van der Waals surface area contributed by atoms with E-state index in [1.807, 2.05) is 12.1 Å². The predicted molar refractivity (Wildman–Crippen MR) is 96.9 cm³/mol. The summed E-state index contributed by atoms with van der Waals surface area (Å²) >= 11 is 5.94. The van der Waals surface area contributed by atoms with E-state index in [4.69, 9.17) is 16.3 Å². The van der Waals surface area contributed by atoms with Gasteiger partial charge in [0.25, 0.3) is 5.91 Å². The van der Waals surface area contributed by atoms with E-state index in [0.717, 1.165) is 25.6 Å². The number of benzene rings is 2. The Morgan fingerprint density at radius 1 is 1.32 bits per heavy atom. The van der Waals surface area contributed by atoms with E-state index in [1.165, 1.54) is 12.1 Å². The van der Waals surface area contributed by atoms with Crippen molar-refractivity contribution in [3.63, 3.8) is 0 Å². The number of hydrogen-bond acceptors (Lipinski definition) is 3. The van der Waals surface area contributed by atoms with Gasteiger partial charge in [0.1, 0.15) is 17.7 Å². The molecule has 132 valence electrons. The molecule has 2 unspecified atom stereocenters. The van der Waals surface area contributed by atoms with Gasteiger partial charge in [-0.05, 0) is 43.3 Å². The number of carbonyl (C=O) groups is 1. The summed E-state index contributed by atoms with van der Waals surface area (Å²) in [6.07, 6.45) is 1.10. The predicted octanol–water partition coefficient (Wildman–Crippen LogP) is 4.11. The van der Waals surface area contributed by atoms with E-state index in [0.29, 0.717) is 17.4 Å². The van der Waals surface area contributed by atoms with E-state index in [1.54, 1.807) is 12.1 Å². The summed E-state index contributed by atoms with van der Waals surface area (Å²) in [5, 5.41) is 6.19. The Balaban J connectivity index is 1.69. The first kappa shape index (κ1) is 17.7. The lowest BCUT2D eigenvalue weighted by Crippen LogP contribution is -2.41. The molecule has 1 amide bonds. The normalized spacial score (nSPS) is 20.1. The number of piperidine rings is 1. The number of halogens is 2. The van der Waals surface area contributed by atoms with Crippen LogP contribution in [-0.4, -0.2) is 25.1 Å². The molecule has 2 aromatic rings. The van der Waals surface area contributed by atoms with Crippen molar-refractivity contribution in [2.24, 2.45) is 5.92 Å². The van der Waals surface area contributed by atoms with Crippen LogP contribution in [0.4, 0.5) is 10.1 Å². The zero-order chi connectivity index (χ0) is 17.8. The maximum Gasteiger partial charge on any atom is 0.257 e. The lowest BCUT2D eigenvalue weighted by Gasteiger charge is -2.30. The van der Waals surface area contributed by atoms with Gasteiger partial charge in [0.2, 0.25) is 0 Å². The Kier molecular flexibility index (Phi) is 5.56. The van der Waals surface area contributed by atoms with Gasteiger partial charge in [-0.2, -0.15) is 0 Å². The third kappa shape index (κ3) is 4.50. The molecule has 0 radical (unpaired) electrons. The summed E-state index contributed by atoms with van der Waals surface area (Å²) in [6, 6.07) is 10.9. The van der Waals surface area contributed by atoms with Crippen molar-refractivity contribution in [1.29, 1.82) is 0 Å². The average molecular weight is 363 g/mol. The van der Waals surface area contributed by atoms with E-state index < -0.39 is 11.7 Å². The highest BCUT2D eigenvalue weighted by Gasteiger charge is 2.22. The van der Waals surface area contributed by atoms with Crippen LogP contribution >= 0.6 is 11.6 Å². The largest absolute Gasteiger partial charge is 0.490 e. The summed E-state index contributed by atoms with van der Waals surface area (Å²) in [6.45, 7) is 4.03. The molecule has 0 bridgehead atoms. The van der Waals surface area contributed by atoms with Gasteiger partial charge < -0.3 is 15.4 Å². The van der Waals surface area contributed by atoms with Crippen LogP contribution in [0, 0.1) is 11.7 Å². The third-order valence-corrected chi connectivity index (χ3v) is 4.57. The van der Waals surface area contributed by atoms with E-state index >= 15 is 0 Å². The van der Waals surface area contributed by atoms with Gasteiger partial charge in [-0.1, -0.05) is 24.6 Å².